The van der Waals surface area contributed by atoms with Crippen molar-refractivity contribution in [2.45, 2.75) is 62.8 Å². The summed E-state index contributed by atoms with van der Waals surface area (Å²) >= 11 is 0. The fourth-order valence-electron chi connectivity index (χ4n) is 4.13. The highest BCUT2D eigenvalue weighted by molar-refractivity contribution is 7.89. The van der Waals surface area contributed by atoms with E-state index in [9.17, 15) is 13.2 Å². The van der Waals surface area contributed by atoms with Crippen LogP contribution in [-0.2, 0) is 10.0 Å². The van der Waals surface area contributed by atoms with Crippen LogP contribution < -0.4 is 5.32 Å². The molecule has 0 spiro atoms. The zero-order valence-electron chi connectivity index (χ0n) is 16.9. The molecule has 2 aliphatic heterocycles. The molecule has 28 heavy (non-hydrogen) atoms. The summed E-state index contributed by atoms with van der Waals surface area (Å²) < 4.78 is 27.2. The molecule has 2 saturated heterocycles. The predicted molar refractivity (Wildman–Crippen MR) is 111 cm³/mol. The number of amides is 1. The van der Waals surface area contributed by atoms with Gasteiger partial charge in [-0.25, -0.2) is 8.42 Å². The third-order valence-corrected chi connectivity index (χ3v) is 7.79. The fourth-order valence-corrected chi connectivity index (χ4v) is 5.69. The summed E-state index contributed by atoms with van der Waals surface area (Å²) in [5.41, 5.74) is 0.407. The summed E-state index contributed by atoms with van der Waals surface area (Å²) in [6.45, 7) is 6.13. The summed E-state index contributed by atoms with van der Waals surface area (Å²) in [7, 11) is -3.52. The Morgan fingerprint density at radius 2 is 1.86 bits per heavy atom. The first kappa shape index (κ1) is 21.3. The molecule has 7 heteroatoms. The van der Waals surface area contributed by atoms with Crippen LogP contribution in [0.5, 0.6) is 0 Å². The Bertz CT molecular complexity index is 760. The Kier molecular flexibility index (Phi) is 7.48. The van der Waals surface area contributed by atoms with E-state index < -0.39 is 10.0 Å². The molecule has 0 bridgehead atoms. The van der Waals surface area contributed by atoms with Crippen LogP contribution in [0.4, 0.5) is 0 Å². The zero-order valence-corrected chi connectivity index (χ0v) is 17.7. The molecule has 3 rings (SSSR count). The van der Waals surface area contributed by atoms with Gasteiger partial charge in [-0.05, 0) is 63.8 Å². The van der Waals surface area contributed by atoms with Gasteiger partial charge in [0.25, 0.3) is 5.91 Å². The van der Waals surface area contributed by atoms with Gasteiger partial charge >= 0.3 is 0 Å². The molecule has 2 heterocycles. The SMILES string of the molecule is C[C@@H]1CCCCN1CCCNC(=O)c1cccc(S(=O)(=O)N2CCCCC2)c1. The van der Waals surface area contributed by atoms with Gasteiger partial charge < -0.3 is 10.2 Å². The first-order chi connectivity index (χ1) is 13.5. The average Bonchev–Trinajstić information content (AvgIpc) is 2.73. The number of benzene rings is 1. The van der Waals surface area contributed by atoms with Crippen LogP contribution in [0.3, 0.4) is 0 Å². The van der Waals surface area contributed by atoms with Crippen LogP contribution in [0.2, 0.25) is 0 Å². The molecule has 2 aliphatic rings. The fraction of sp³-hybridized carbons (Fsp3) is 0.667. The molecule has 0 saturated carbocycles. The number of piperidine rings is 2. The minimum Gasteiger partial charge on any atom is -0.352 e. The highest BCUT2D eigenvalue weighted by Crippen LogP contribution is 2.21. The van der Waals surface area contributed by atoms with Crippen molar-refractivity contribution in [1.82, 2.24) is 14.5 Å². The number of likely N-dealkylation sites (tertiary alicyclic amines) is 1. The molecule has 1 aromatic carbocycles. The van der Waals surface area contributed by atoms with Gasteiger partial charge in [0.15, 0.2) is 0 Å². The van der Waals surface area contributed by atoms with E-state index in [-0.39, 0.29) is 10.8 Å². The molecule has 0 unspecified atom stereocenters. The van der Waals surface area contributed by atoms with E-state index in [0.717, 1.165) is 38.8 Å². The van der Waals surface area contributed by atoms with Gasteiger partial charge in [-0.2, -0.15) is 4.31 Å². The lowest BCUT2D eigenvalue weighted by atomic mass is 10.0. The standard InChI is InChI=1S/C21H33N3O3S/c1-18-9-3-6-13-23(18)14-8-12-22-21(25)19-10-7-11-20(17-19)28(26,27)24-15-4-2-5-16-24/h7,10-11,17-18H,2-6,8-9,12-16H2,1H3,(H,22,25)/t18-/m1/s1. The van der Waals surface area contributed by atoms with Gasteiger partial charge in [0.1, 0.15) is 0 Å². The van der Waals surface area contributed by atoms with E-state index in [1.807, 2.05) is 0 Å². The molecule has 2 fully saturated rings. The number of rotatable bonds is 7. The van der Waals surface area contributed by atoms with Crippen LogP contribution in [-0.4, -0.2) is 62.3 Å². The molecule has 1 amide bonds. The minimum atomic E-state index is -3.52. The van der Waals surface area contributed by atoms with Crippen molar-refractivity contribution < 1.29 is 13.2 Å². The molecule has 1 atom stereocenters. The van der Waals surface area contributed by atoms with Crippen molar-refractivity contribution in [1.29, 1.82) is 0 Å². The maximum Gasteiger partial charge on any atom is 0.251 e. The lowest BCUT2D eigenvalue weighted by molar-refractivity contribution is 0.0948. The first-order valence-electron chi connectivity index (χ1n) is 10.6. The second-order valence-electron chi connectivity index (χ2n) is 7.98. The zero-order chi connectivity index (χ0) is 20.0. The Morgan fingerprint density at radius 3 is 2.61 bits per heavy atom. The van der Waals surface area contributed by atoms with Crippen LogP contribution in [0.25, 0.3) is 0 Å². The molecule has 1 aromatic rings. The Morgan fingerprint density at radius 1 is 1.11 bits per heavy atom. The summed E-state index contributed by atoms with van der Waals surface area (Å²) in [5.74, 6) is -0.206. The number of nitrogens with one attached hydrogen (secondary N) is 1. The monoisotopic (exact) mass is 407 g/mol. The largest absolute Gasteiger partial charge is 0.352 e. The topological polar surface area (TPSA) is 69.7 Å². The van der Waals surface area contributed by atoms with Crippen molar-refractivity contribution in [2.75, 3.05) is 32.7 Å². The van der Waals surface area contributed by atoms with Crippen LogP contribution >= 0.6 is 0 Å². The van der Waals surface area contributed by atoms with Crippen LogP contribution in [0.1, 0.15) is 62.2 Å². The van der Waals surface area contributed by atoms with Crippen molar-refractivity contribution in [3.05, 3.63) is 29.8 Å². The molecule has 0 radical (unpaired) electrons. The summed E-state index contributed by atoms with van der Waals surface area (Å²) in [4.78, 5) is 15.2. The van der Waals surface area contributed by atoms with Crippen molar-refractivity contribution in [3.63, 3.8) is 0 Å². The number of carbonyl (C=O) groups is 1. The minimum absolute atomic E-state index is 0.206. The van der Waals surface area contributed by atoms with Gasteiger partial charge in [0.05, 0.1) is 4.90 Å². The van der Waals surface area contributed by atoms with E-state index in [1.165, 1.54) is 29.6 Å². The first-order valence-corrected chi connectivity index (χ1v) is 12.0. The maximum absolute atomic E-state index is 12.8. The number of hydrogen-bond donors (Lipinski definition) is 1. The summed E-state index contributed by atoms with van der Waals surface area (Å²) in [6, 6.07) is 7.05. The molecule has 0 aromatic heterocycles. The van der Waals surface area contributed by atoms with E-state index in [2.05, 4.69) is 17.1 Å². The highest BCUT2D eigenvalue weighted by atomic mass is 32.2. The molecular weight excluding hydrogens is 374 g/mol. The lowest BCUT2D eigenvalue weighted by Gasteiger charge is -2.33. The number of hydrogen-bond acceptors (Lipinski definition) is 4. The maximum atomic E-state index is 12.8. The quantitative estimate of drug-likeness (QED) is 0.706. The van der Waals surface area contributed by atoms with Crippen molar-refractivity contribution >= 4 is 15.9 Å². The second-order valence-corrected chi connectivity index (χ2v) is 9.92. The van der Waals surface area contributed by atoms with Crippen molar-refractivity contribution in [2.24, 2.45) is 0 Å². The van der Waals surface area contributed by atoms with Gasteiger partial charge in [0.2, 0.25) is 10.0 Å². The number of carbonyl (C=O) groups excluding carboxylic acids is 1. The third kappa shape index (κ3) is 5.33. The van der Waals surface area contributed by atoms with Crippen molar-refractivity contribution in [3.8, 4) is 0 Å². The van der Waals surface area contributed by atoms with Gasteiger partial charge in [-0.3, -0.25) is 4.79 Å². The Balaban J connectivity index is 1.53. The predicted octanol–water partition coefficient (Wildman–Crippen LogP) is 2.86. The summed E-state index contributed by atoms with van der Waals surface area (Å²) in [6.07, 6.45) is 7.60. The van der Waals surface area contributed by atoms with Gasteiger partial charge in [0, 0.05) is 37.8 Å². The summed E-state index contributed by atoms with van der Waals surface area (Å²) in [5, 5.41) is 2.94. The number of nitrogens with zero attached hydrogens (tertiary/aromatic N) is 2. The third-order valence-electron chi connectivity index (χ3n) is 5.90. The van der Waals surface area contributed by atoms with E-state index in [4.69, 9.17) is 0 Å². The Labute approximate surface area is 169 Å². The smallest absolute Gasteiger partial charge is 0.251 e. The molecular formula is C21H33N3O3S. The van der Waals surface area contributed by atoms with E-state index >= 15 is 0 Å². The van der Waals surface area contributed by atoms with E-state index in [0.29, 0.717) is 31.2 Å². The number of sulfonamides is 1. The second kappa shape index (κ2) is 9.85. The average molecular weight is 408 g/mol. The lowest BCUT2D eigenvalue weighted by Crippen LogP contribution is -2.39. The normalized spacial score (nSPS) is 22.1. The molecule has 0 aliphatic carbocycles. The molecule has 1 N–H and O–H groups in total. The van der Waals surface area contributed by atoms with E-state index in [1.54, 1.807) is 18.2 Å². The molecule has 6 nitrogen and oxygen atoms in total. The van der Waals surface area contributed by atoms with Gasteiger partial charge in [-0.1, -0.05) is 18.9 Å². The Hall–Kier alpha value is -1.44. The van der Waals surface area contributed by atoms with Gasteiger partial charge in [-0.15, -0.1) is 0 Å². The highest BCUT2D eigenvalue weighted by Gasteiger charge is 2.26. The van der Waals surface area contributed by atoms with Crippen LogP contribution in [0, 0.1) is 0 Å². The molecule has 156 valence electrons. The van der Waals surface area contributed by atoms with Crippen LogP contribution in [0.15, 0.2) is 29.2 Å².